The third-order valence-corrected chi connectivity index (χ3v) is 3.80. The lowest BCUT2D eigenvalue weighted by atomic mass is 9.93. The molecule has 1 heterocycles. The lowest BCUT2D eigenvalue weighted by Gasteiger charge is -2.35. The number of nitrogens with one attached hydrogen (secondary N) is 1. The normalized spacial score (nSPS) is 16.8. The summed E-state index contributed by atoms with van der Waals surface area (Å²) in [5.41, 5.74) is 5.56. The molecule has 0 amide bonds. The van der Waals surface area contributed by atoms with E-state index in [1.165, 1.54) is 22.3 Å². The summed E-state index contributed by atoms with van der Waals surface area (Å²) in [7, 11) is 0. The first-order valence-corrected chi connectivity index (χ1v) is 6.78. The van der Waals surface area contributed by atoms with Crippen molar-refractivity contribution in [2.24, 2.45) is 0 Å². The van der Waals surface area contributed by atoms with E-state index in [-0.39, 0.29) is 24.8 Å². The van der Waals surface area contributed by atoms with Crippen LogP contribution in [0.25, 0.3) is 0 Å². The third kappa shape index (κ3) is 4.23. The van der Waals surface area contributed by atoms with Gasteiger partial charge in [0.2, 0.25) is 0 Å². The molecule has 1 atom stereocenters. The molecule has 1 fully saturated rings. The Balaban J connectivity index is 0.00000180. The van der Waals surface area contributed by atoms with Crippen molar-refractivity contribution in [2.45, 2.75) is 26.8 Å². The quantitative estimate of drug-likeness (QED) is 0.857. The minimum absolute atomic E-state index is 0. The SMILES string of the molecule is C=C[C@H](c1c(C)cc(C)cc1C)N1CCNCC1.Cl.Cl. The predicted octanol–water partition coefficient (Wildman–Crippen LogP) is 3.59. The first-order valence-electron chi connectivity index (χ1n) is 6.78. The number of hydrogen-bond acceptors (Lipinski definition) is 2. The molecule has 1 aliphatic rings. The molecule has 0 spiro atoms. The maximum Gasteiger partial charge on any atom is 0.0535 e. The van der Waals surface area contributed by atoms with E-state index in [0.717, 1.165) is 26.2 Å². The molecule has 0 aromatic heterocycles. The minimum Gasteiger partial charge on any atom is -0.314 e. The van der Waals surface area contributed by atoms with Gasteiger partial charge >= 0.3 is 0 Å². The summed E-state index contributed by atoms with van der Waals surface area (Å²) in [4.78, 5) is 2.52. The summed E-state index contributed by atoms with van der Waals surface area (Å²) in [5, 5.41) is 3.41. The van der Waals surface area contributed by atoms with Crippen molar-refractivity contribution in [2.75, 3.05) is 26.2 Å². The smallest absolute Gasteiger partial charge is 0.0535 e. The molecule has 2 nitrogen and oxygen atoms in total. The Kier molecular flexibility index (Phi) is 8.45. The standard InChI is InChI=1S/C16H24N2.2ClH/c1-5-15(18-8-6-17-7-9-18)16-13(3)10-12(2)11-14(16)4;;/h5,10-11,15,17H,1,6-9H2,2-4H3;2*1H/t15-;;/m1../s1. The van der Waals surface area contributed by atoms with Crippen LogP contribution in [-0.2, 0) is 0 Å². The summed E-state index contributed by atoms with van der Waals surface area (Å²) >= 11 is 0. The van der Waals surface area contributed by atoms with E-state index < -0.39 is 0 Å². The molecule has 0 saturated carbocycles. The molecular weight excluding hydrogens is 291 g/mol. The predicted molar refractivity (Wildman–Crippen MR) is 92.5 cm³/mol. The van der Waals surface area contributed by atoms with Gasteiger partial charge in [-0.1, -0.05) is 23.8 Å². The molecule has 1 aliphatic heterocycles. The molecule has 1 N–H and O–H groups in total. The van der Waals surface area contributed by atoms with E-state index in [1.54, 1.807) is 0 Å². The highest BCUT2D eigenvalue weighted by molar-refractivity contribution is 5.85. The summed E-state index contributed by atoms with van der Waals surface area (Å²) in [6.07, 6.45) is 2.09. The largest absolute Gasteiger partial charge is 0.314 e. The molecule has 0 unspecified atom stereocenters. The zero-order chi connectivity index (χ0) is 13.1. The van der Waals surface area contributed by atoms with Gasteiger partial charge in [-0.15, -0.1) is 31.4 Å². The van der Waals surface area contributed by atoms with Crippen LogP contribution in [0.15, 0.2) is 24.8 Å². The molecular formula is C16H26Cl2N2. The van der Waals surface area contributed by atoms with Crippen molar-refractivity contribution in [3.8, 4) is 0 Å². The summed E-state index contributed by atoms with van der Waals surface area (Å²) in [6.45, 7) is 15.0. The van der Waals surface area contributed by atoms with Crippen molar-refractivity contribution in [3.05, 3.63) is 47.0 Å². The van der Waals surface area contributed by atoms with Gasteiger partial charge in [0.15, 0.2) is 0 Å². The van der Waals surface area contributed by atoms with Gasteiger partial charge in [-0.05, 0) is 37.5 Å². The number of rotatable bonds is 3. The second kappa shape index (κ2) is 8.68. The molecule has 20 heavy (non-hydrogen) atoms. The number of aryl methyl sites for hydroxylation is 3. The van der Waals surface area contributed by atoms with E-state index in [4.69, 9.17) is 0 Å². The first kappa shape index (κ1) is 19.5. The molecule has 0 aliphatic carbocycles. The monoisotopic (exact) mass is 316 g/mol. The maximum absolute atomic E-state index is 4.06. The highest BCUT2D eigenvalue weighted by atomic mass is 35.5. The van der Waals surface area contributed by atoms with Gasteiger partial charge in [-0.25, -0.2) is 0 Å². The van der Waals surface area contributed by atoms with E-state index in [9.17, 15) is 0 Å². The van der Waals surface area contributed by atoms with Crippen molar-refractivity contribution >= 4 is 24.8 Å². The number of benzene rings is 1. The van der Waals surface area contributed by atoms with Crippen LogP contribution in [0.1, 0.15) is 28.3 Å². The van der Waals surface area contributed by atoms with Crippen LogP contribution in [0.2, 0.25) is 0 Å². The summed E-state index contributed by atoms with van der Waals surface area (Å²) < 4.78 is 0. The molecule has 114 valence electrons. The Morgan fingerprint density at radius 3 is 2.05 bits per heavy atom. The molecule has 0 bridgehead atoms. The fraction of sp³-hybridized carbons (Fsp3) is 0.500. The van der Waals surface area contributed by atoms with Crippen LogP contribution in [0.4, 0.5) is 0 Å². The molecule has 4 heteroatoms. The Morgan fingerprint density at radius 2 is 1.60 bits per heavy atom. The van der Waals surface area contributed by atoms with Gasteiger partial charge in [-0.2, -0.15) is 0 Å². The van der Waals surface area contributed by atoms with E-state index >= 15 is 0 Å². The van der Waals surface area contributed by atoms with Gasteiger partial charge in [0.1, 0.15) is 0 Å². The second-order valence-corrected chi connectivity index (χ2v) is 5.28. The Labute approximate surface area is 135 Å². The average Bonchev–Trinajstić information content (AvgIpc) is 2.34. The molecule has 1 aromatic carbocycles. The highest BCUT2D eigenvalue weighted by Gasteiger charge is 2.22. The van der Waals surface area contributed by atoms with Crippen molar-refractivity contribution in [3.63, 3.8) is 0 Å². The first-order chi connectivity index (χ1) is 8.63. The van der Waals surface area contributed by atoms with E-state index in [2.05, 4.69) is 55.8 Å². The number of piperazine rings is 1. The molecule has 0 radical (unpaired) electrons. The second-order valence-electron chi connectivity index (χ2n) is 5.28. The van der Waals surface area contributed by atoms with Gasteiger partial charge in [0.05, 0.1) is 6.04 Å². The molecule has 1 saturated heterocycles. The van der Waals surface area contributed by atoms with Gasteiger partial charge in [0.25, 0.3) is 0 Å². The Morgan fingerprint density at radius 1 is 1.10 bits per heavy atom. The van der Waals surface area contributed by atoms with E-state index in [1.807, 2.05) is 0 Å². The maximum atomic E-state index is 4.06. The van der Waals surface area contributed by atoms with Crippen molar-refractivity contribution in [1.29, 1.82) is 0 Å². The lowest BCUT2D eigenvalue weighted by molar-refractivity contribution is 0.202. The molecule has 1 aromatic rings. The zero-order valence-corrected chi connectivity index (χ0v) is 14.2. The number of halogens is 2. The van der Waals surface area contributed by atoms with Crippen LogP contribution >= 0.6 is 24.8 Å². The topological polar surface area (TPSA) is 15.3 Å². The van der Waals surface area contributed by atoms with E-state index in [0.29, 0.717) is 6.04 Å². The third-order valence-electron chi connectivity index (χ3n) is 3.80. The Bertz CT molecular complexity index is 417. The lowest BCUT2D eigenvalue weighted by Crippen LogP contribution is -2.45. The average molecular weight is 317 g/mol. The molecule has 2 rings (SSSR count). The fourth-order valence-corrected chi connectivity index (χ4v) is 3.07. The van der Waals surface area contributed by atoms with Gasteiger partial charge in [0, 0.05) is 26.2 Å². The number of nitrogens with zero attached hydrogens (tertiary/aromatic N) is 1. The van der Waals surface area contributed by atoms with Crippen molar-refractivity contribution < 1.29 is 0 Å². The van der Waals surface area contributed by atoms with Crippen LogP contribution in [0, 0.1) is 20.8 Å². The van der Waals surface area contributed by atoms with Crippen LogP contribution in [0.3, 0.4) is 0 Å². The summed E-state index contributed by atoms with van der Waals surface area (Å²) in [6, 6.07) is 4.91. The fourth-order valence-electron chi connectivity index (χ4n) is 3.07. The van der Waals surface area contributed by atoms with Crippen LogP contribution in [0.5, 0.6) is 0 Å². The summed E-state index contributed by atoms with van der Waals surface area (Å²) in [5.74, 6) is 0. The van der Waals surface area contributed by atoms with Crippen LogP contribution < -0.4 is 5.32 Å². The van der Waals surface area contributed by atoms with Crippen LogP contribution in [-0.4, -0.2) is 31.1 Å². The number of hydrogen-bond donors (Lipinski definition) is 1. The van der Waals surface area contributed by atoms with Gasteiger partial charge in [-0.3, -0.25) is 4.90 Å². The Hall–Kier alpha value is -0.540. The minimum atomic E-state index is 0. The zero-order valence-electron chi connectivity index (χ0n) is 12.6. The van der Waals surface area contributed by atoms with Gasteiger partial charge < -0.3 is 5.32 Å². The highest BCUT2D eigenvalue weighted by Crippen LogP contribution is 2.29. The van der Waals surface area contributed by atoms with Crippen molar-refractivity contribution in [1.82, 2.24) is 10.2 Å².